The monoisotopic (exact) mass is 391 g/mol. The van der Waals surface area contributed by atoms with Gasteiger partial charge >= 0.3 is 0 Å². The highest BCUT2D eigenvalue weighted by Crippen LogP contribution is 2.38. The molecule has 0 radical (unpaired) electrons. The van der Waals surface area contributed by atoms with Gasteiger partial charge in [0, 0.05) is 23.2 Å². The topological polar surface area (TPSA) is 104 Å². The average molecular weight is 392 g/mol. The van der Waals surface area contributed by atoms with Crippen LogP contribution in [-0.2, 0) is 0 Å². The highest BCUT2D eigenvalue weighted by atomic mass is 35.5. The maximum atomic E-state index is 12.5. The Labute approximate surface area is 155 Å². The summed E-state index contributed by atoms with van der Waals surface area (Å²) in [6.45, 7) is 0.935. The third kappa shape index (κ3) is 3.02. The number of thiazole rings is 1. The van der Waals surface area contributed by atoms with Gasteiger partial charge in [-0.25, -0.2) is 4.98 Å². The van der Waals surface area contributed by atoms with Crippen LogP contribution in [0.1, 0.15) is 10.4 Å². The summed E-state index contributed by atoms with van der Waals surface area (Å²) in [5.41, 5.74) is 0.174. The molecule has 10 heteroatoms. The van der Waals surface area contributed by atoms with Gasteiger partial charge in [-0.3, -0.25) is 20.2 Å². The number of fused-ring (bicyclic) bond motifs is 2. The number of rotatable bonds is 3. The number of ether oxygens (including phenoxy) is 2. The van der Waals surface area contributed by atoms with Crippen molar-refractivity contribution in [3.05, 3.63) is 51.0 Å². The van der Waals surface area contributed by atoms with E-state index < -0.39 is 10.8 Å². The maximum absolute atomic E-state index is 12.5. The quantitative estimate of drug-likeness (QED) is 0.536. The van der Waals surface area contributed by atoms with Crippen molar-refractivity contribution in [2.75, 3.05) is 18.5 Å². The molecule has 8 nitrogen and oxygen atoms in total. The van der Waals surface area contributed by atoms with Crippen LogP contribution in [-0.4, -0.2) is 29.0 Å². The minimum atomic E-state index is -0.657. The van der Waals surface area contributed by atoms with E-state index in [2.05, 4.69) is 10.3 Å². The molecule has 1 amide bonds. The molecule has 3 aromatic rings. The van der Waals surface area contributed by atoms with Crippen molar-refractivity contribution in [1.82, 2.24) is 4.98 Å². The third-order valence-corrected chi connectivity index (χ3v) is 4.84. The Morgan fingerprint density at radius 2 is 1.96 bits per heavy atom. The number of nitrogens with one attached hydrogen (secondary N) is 1. The summed E-state index contributed by atoms with van der Waals surface area (Å²) >= 11 is 7.09. The van der Waals surface area contributed by atoms with Crippen LogP contribution in [0.15, 0.2) is 30.3 Å². The first-order valence-electron chi connectivity index (χ1n) is 7.47. The highest BCUT2D eigenvalue weighted by Gasteiger charge is 2.22. The van der Waals surface area contributed by atoms with Crippen molar-refractivity contribution in [3.8, 4) is 11.5 Å². The number of anilines is 1. The first-order chi connectivity index (χ1) is 12.5. The van der Waals surface area contributed by atoms with Gasteiger partial charge in [0.1, 0.15) is 18.8 Å². The van der Waals surface area contributed by atoms with E-state index in [1.807, 2.05) is 0 Å². The van der Waals surface area contributed by atoms with Crippen LogP contribution in [0.4, 0.5) is 10.8 Å². The highest BCUT2D eigenvalue weighted by molar-refractivity contribution is 7.22. The molecule has 1 aromatic heterocycles. The van der Waals surface area contributed by atoms with Crippen molar-refractivity contribution >= 4 is 49.9 Å². The standard InChI is InChI=1S/C16H10ClN3O5S/c17-8-1-2-11(20(22)23)9(5-8)15(21)19-16-18-10-6-12-13(7-14(10)26-16)25-4-3-24-12/h1-2,5-7H,3-4H2,(H,18,19,21). The smallest absolute Gasteiger partial charge is 0.282 e. The van der Waals surface area contributed by atoms with Gasteiger partial charge in [0.05, 0.1) is 15.1 Å². The van der Waals surface area contributed by atoms with Gasteiger partial charge in [-0.1, -0.05) is 22.9 Å². The molecule has 0 aliphatic carbocycles. The van der Waals surface area contributed by atoms with E-state index in [-0.39, 0.29) is 16.3 Å². The number of amides is 1. The number of carbonyl (C=O) groups is 1. The van der Waals surface area contributed by atoms with Crippen molar-refractivity contribution in [3.63, 3.8) is 0 Å². The molecule has 0 spiro atoms. The lowest BCUT2D eigenvalue weighted by atomic mass is 10.1. The fourth-order valence-corrected chi connectivity index (χ4v) is 3.58. The molecule has 0 saturated heterocycles. The van der Waals surface area contributed by atoms with Crippen LogP contribution in [0.5, 0.6) is 11.5 Å². The zero-order valence-electron chi connectivity index (χ0n) is 13.0. The van der Waals surface area contributed by atoms with Crippen molar-refractivity contribution in [1.29, 1.82) is 0 Å². The summed E-state index contributed by atoms with van der Waals surface area (Å²) in [7, 11) is 0. The molecule has 132 valence electrons. The molecule has 4 rings (SSSR count). The Morgan fingerprint density at radius 1 is 1.23 bits per heavy atom. The second kappa shape index (κ2) is 6.43. The van der Waals surface area contributed by atoms with Crippen LogP contribution >= 0.6 is 22.9 Å². The summed E-state index contributed by atoms with van der Waals surface area (Å²) in [6, 6.07) is 7.33. The van der Waals surface area contributed by atoms with Crippen molar-refractivity contribution in [2.45, 2.75) is 0 Å². The summed E-state index contributed by atoms with van der Waals surface area (Å²) in [4.78, 5) is 27.3. The minimum absolute atomic E-state index is 0.132. The molecule has 0 bridgehead atoms. The number of benzene rings is 2. The fraction of sp³-hybridized carbons (Fsp3) is 0.125. The van der Waals surface area contributed by atoms with Gasteiger partial charge in [-0.15, -0.1) is 0 Å². The van der Waals surface area contributed by atoms with E-state index in [9.17, 15) is 14.9 Å². The van der Waals surface area contributed by atoms with E-state index in [0.717, 1.165) is 4.70 Å². The van der Waals surface area contributed by atoms with E-state index in [1.165, 1.54) is 29.5 Å². The summed E-state index contributed by atoms with van der Waals surface area (Å²) in [6.07, 6.45) is 0. The van der Waals surface area contributed by atoms with Gasteiger partial charge in [0.2, 0.25) is 0 Å². The Balaban J connectivity index is 1.66. The zero-order chi connectivity index (χ0) is 18.3. The predicted molar refractivity (Wildman–Crippen MR) is 96.7 cm³/mol. The van der Waals surface area contributed by atoms with Gasteiger partial charge in [0.25, 0.3) is 11.6 Å². The second-order valence-electron chi connectivity index (χ2n) is 5.36. The van der Waals surface area contributed by atoms with Gasteiger partial charge in [0.15, 0.2) is 16.6 Å². The van der Waals surface area contributed by atoms with Gasteiger partial charge < -0.3 is 9.47 Å². The molecule has 0 saturated carbocycles. The number of hydrogen-bond donors (Lipinski definition) is 1. The molecule has 1 N–H and O–H groups in total. The first-order valence-corrected chi connectivity index (χ1v) is 8.66. The maximum Gasteiger partial charge on any atom is 0.282 e. The molecule has 1 aliphatic rings. The van der Waals surface area contributed by atoms with Gasteiger partial charge in [-0.05, 0) is 12.1 Å². The van der Waals surface area contributed by atoms with Crippen LogP contribution in [0.25, 0.3) is 10.2 Å². The molecular formula is C16H10ClN3O5S. The summed E-state index contributed by atoms with van der Waals surface area (Å²) in [5.74, 6) is 0.559. The number of aromatic nitrogens is 1. The van der Waals surface area contributed by atoms with E-state index in [1.54, 1.807) is 12.1 Å². The zero-order valence-corrected chi connectivity index (χ0v) is 14.6. The number of nitrogens with zero attached hydrogens (tertiary/aromatic N) is 2. The van der Waals surface area contributed by atoms with Crippen LogP contribution < -0.4 is 14.8 Å². The molecule has 1 aliphatic heterocycles. The SMILES string of the molecule is O=C(Nc1nc2cc3c(cc2s1)OCCO3)c1cc(Cl)ccc1[N+](=O)[O-]. The number of nitro benzene ring substituents is 1. The summed E-state index contributed by atoms with van der Waals surface area (Å²) in [5, 5.41) is 14.2. The van der Waals surface area contributed by atoms with Crippen LogP contribution in [0.3, 0.4) is 0 Å². The lowest BCUT2D eigenvalue weighted by Crippen LogP contribution is -2.15. The molecule has 2 aromatic carbocycles. The Kier molecular flexibility index (Phi) is 4.09. The number of nitro groups is 1. The van der Waals surface area contributed by atoms with Crippen molar-refractivity contribution in [2.24, 2.45) is 0 Å². The molecule has 0 fully saturated rings. The number of hydrogen-bond acceptors (Lipinski definition) is 7. The minimum Gasteiger partial charge on any atom is -0.486 e. The third-order valence-electron chi connectivity index (χ3n) is 3.67. The second-order valence-corrected chi connectivity index (χ2v) is 6.82. The Morgan fingerprint density at radius 3 is 2.69 bits per heavy atom. The fourth-order valence-electron chi connectivity index (χ4n) is 2.53. The lowest BCUT2D eigenvalue weighted by Gasteiger charge is -2.17. The Bertz CT molecular complexity index is 1010. The summed E-state index contributed by atoms with van der Waals surface area (Å²) < 4.78 is 11.8. The van der Waals surface area contributed by atoms with E-state index >= 15 is 0 Å². The molecule has 26 heavy (non-hydrogen) atoms. The predicted octanol–water partition coefficient (Wildman–Crippen LogP) is 3.88. The Hall–Kier alpha value is -2.91. The molecule has 0 unspecified atom stereocenters. The normalized spacial score (nSPS) is 12.8. The molecule has 2 heterocycles. The average Bonchev–Trinajstić information content (AvgIpc) is 3.00. The van der Waals surface area contributed by atoms with Gasteiger partial charge in [-0.2, -0.15) is 0 Å². The lowest BCUT2D eigenvalue weighted by molar-refractivity contribution is -0.385. The van der Waals surface area contributed by atoms with E-state index in [0.29, 0.717) is 35.4 Å². The first kappa shape index (κ1) is 16.6. The van der Waals surface area contributed by atoms with Crippen molar-refractivity contribution < 1.29 is 19.2 Å². The van der Waals surface area contributed by atoms with E-state index in [4.69, 9.17) is 21.1 Å². The largest absolute Gasteiger partial charge is 0.486 e. The van der Waals surface area contributed by atoms with Crippen LogP contribution in [0, 0.1) is 10.1 Å². The van der Waals surface area contributed by atoms with Crippen LogP contribution in [0.2, 0.25) is 5.02 Å². The molecule has 0 atom stereocenters. The molecular weight excluding hydrogens is 382 g/mol. The number of carbonyl (C=O) groups excluding carboxylic acids is 1. The number of halogens is 1.